The lowest BCUT2D eigenvalue weighted by atomic mass is 10.2. The van der Waals surface area contributed by atoms with E-state index < -0.39 is 0 Å². The predicted octanol–water partition coefficient (Wildman–Crippen LogP) is 0.796. The zero-order chi connectivity index (χ0) is 13.7. The van der Waals surface area contributed by atoms with Gasteiger partial charge in [-0.25, -0.2) is 4.98 Å². The molecule has 1 saturated heterocycles. The maximum absolute atomic E-state index is 12.0. The molecule has 6 heteroatoms. The molecule has 2 N–H and O–H groups in total. The van der Waals surface area contributed by atoms with Crippen molar-refractivity contribution in [3.63, 3.8) is 0 Å². The molecule has 0 bridgehead atoms. The zero-order valence-electron chi connectivity index (χ0n) is 11.2. The van der Waals surface area contributed by atoms with Crippen molar-refractivity contribution in [3.05, 3.63) is 18.3 Å². The maximum atomic E-state index is 12.0. The van der Waals surface area contributed by atoms with Crippen molar-refractivity contribution in [3.8, 4) is 5.88 Å². The van der Waals surface area contributed by atoms with Gasteiger partial charge >= 0.3 is 0 Å². The first-order valence-corrected chi connectivity index (χ1v) is 6.38. The highest BCUT2D eigenvalue weighted by Gasteiger charge is 2.29. The van der Waals surface area contributed by atoms with Crippen LogP contribution in [0.1, 0.15) is 13.3 Å². The summed E-state index contributed by atoms with van der Waals surface area (Å²) in [6.45, 7) is 3.18. The van der Waals surface area contributed by atoms with Crippen LogP contribution in [0.25, 0.3) is 0 Å². The quantitative estimate of drug-likeness (QED) is 0.823. The summed E-state index contributed by atoms with van der Waals surface area (Å²) in [7, 11) is 1.66. The van der Waals surface area contributed by atoms with E-state index in [1.165, 1.54) is 0 Å². The Morgan fingerprint density at radius 3 is 3.00 bits per heavy atom. The lowest BCUT2D eigenvalue weighted by Gasteiger charge is -2.11. The first-order chi connectivity index (χ1) is 9.22. The number of hydrogen-bond acceptors (Lipinski definition) is 5. The average molecular weight is 265 g/mol. The Morgan fingerprint density at radius 1 is 1.58 bits per heavy atom. The van der Waals surface area contributed by atoms with Gasteiger partial charge in [-0.15, -0.1) is 0 Å². The van der Waals surface area contributed by atoms with Gasteiger partial charge in [0.1, 0.15) is 0 Å². The molecule has 0 aliphatic carbocycles. The molecule has 2 unspecified atom stereocenters. The first-order valence-electron chi connectivity index (χ1n) is 6.38. The van der Waals surface area contributed by atoms with E-state index in [1.807, 2.05) is 6.92 Å². The predicted molar refractivity (Wildman–Crippen MR) is 71.2 cm³/mol. The molecule has 0 spiro atoms. The summed E-state index contributed by atoms with van der Waals surface area (Å²) in [5.74, 6) is 0.490. The van der Waals surface area contributed by atoms with Crippen LogP contribution in [-0.2, 0) is 9.53 Å². The lowest BCUT2D eigenvalue weighted by Crippen LogP contribution is -2.35. The number of methoxy groups -OCH3 is 1. The minimum absolute atomic E-state index is 0.0643. The van der Waals surface area contributed by atoms with Crippen molar-refractivity contribution in [2.75, 3.05) is 25.6 Å². The molecule has 104 valence electrons. The molecule has 2 rings (SSSR count). The molecule has 0 radical (unpaired) electrons. The van der Waals surface area contributed by atoms with Crippen LogP contribution in [0.3, 0.4) is 0 Å². The smallest absolute Gasteiger partial charge is 0.241 e. The van der Waals surface area contributed by atoms with E-state index in [4.69, 9.17) is 9.47 Å². The molecule has 1 amide bonds. The summed E-state index contributed by atoms with van der Waals surface area (Å²) in [4.78, 5) is 16.1. The van der Waals surface area contributed by atoms with E-state index in [9.17, 15) is 4.79 Å². The molecule has 2 heterocycles. The van der Waals surface area contributed by atoms with Crippen LogP contribution in [-0.4, -0.2) is 43.3 Å². The number of hydrogen-bond donors (Lipinski definition) is 2. The van der Waals surface area contributed by atoms with Gasteiger partial charge in [-0.1, -0.05) is 0 Å². The molecule has 0 aromatic carbocycles. The van der Waals surface area contributed by atoms with E-state index >= 15 is 0 Å². The van der Waals surface area contributed by atoms with E-state index in [1.54, 1.807) is 25.4 Å². The molecular formula is C13H19N3O3. The number of carbonyl (C=O) groups is 1. The van der Waals surface area contributed by atoms with Crippen LogP contribution in [0, 0.1) is 0 Å². The minimum atomic E-state index is -0.212. The second kappa shape index (κ2) is 6.49. The van der Waals surface area contributed by atoms with E-state index in [2.05, 4.69) is 15.6 Å². The monoisotopic (exact) mass is 265 g/mol. The Bertz CT molecular complexity index is 422. The number of aromatic nitrogens is 1. The van der Waals surface area contributed by atoms with Crippen molar-refractivity contribution in [1.82, 2.24) is 10.3 Å². The molecule has 6 nitrogen and oxygen atoms in total. The van der Waals surface area contributed by atoms with Crippen LogP contribution in [0.15, 0.2) is 18.3 Å². The van der Waals surface area contributed by atoms with Crippen LogP contribution >= 0.6 is 0 Å². The SMILES string of the molecule is CCOc1ccc(NC(=O)C2CC(OC)CN2)cn1. The number of ether oxygens (including phenoxy) is 2. The zero-order valence-corrected chi connectivity index (χ0v) is 11.2. The minimum Gasteiger partial charge on any atom is -0.478 e. The second-order valence-corrected chi connectivity index (χ2v) is 4.36. The normalized spacial score (nSPS) is 22.2. The fourth-order valence-electron chi connectivity index (χ4n) is 2.00. The third-order valence-corrected chi connectivity index (χ3v) is 3.04. The fraction of sp³-hybridized carbons (Fsp3) is 0.538. The topological polar surface area (TPSA) is 72.5 Å². The Kier molecular flexibility index (Phi) is 4.70. The lowest BCUT2D eigenvalue weighted by molar-refractivity contribution is -0.118. The van der Waals surface area contributed by atoms with Gasteiger partial charge in [0.2, 0.25) is 11.8 Å². The van der Waals surface area contributed by atoms with Crippen LogP contribution < -0.4 is 15.4 Å². The van der Waals surface area contributed by atoms with E-state index in [0.717, 1.165) is 0 Å². The molecule has 1 aliphatic rings. The van der Waals surface area contributed by atoms with Crippen LogP contribution in [0.4, 0.5) is 5.69 Å². The number of nitrogens with one attached hydrogen (secondary N) is 2. The second-order valence-electron chi connectivity index (χ2n) is 4.36. The van der Waals surface area contributed by atoms with E-state index in [0.29, 0.717) is 31.1 Å². The molecule has 0 saturated carbocycles. The summed E-state index contributed by atoms with van der Waals surface area (Å²) in [5.41, 5.74) is 0.663. The third-order valence-electron chi connectivity index (χ3n) is 3.04. The number of carbonyl (C=O) groups excluding carboxylic acids is 1. The van der Waals surface area contributed by atoms with Gasteiger partial charge in [0.25, 0.3) is 0 Å². The highest BCUT2D eigenvalue weighted by atomic mass is 16.5. The van der Waals surface area contributed by atoms with Crippen molar-refractivity contribution in [2.45, 2.75) is 25.5 Å². The number of nitrogens with zero attached hydrogens (tertiary/aromatic N) is 1. The molecule has 1 aromatic rings. The third kappa shape index (κ3) is 3.65. The van der Waals surface area contributed by atoms with Gasteiger partial charge in [0.15, 0.2) is 0 Å². The van der Waals surface area contributed by atoms with Gasteiger partial charge in [0, 0.05) is 19.7 Å². The van der Waals surface area contributed by atoms with Crippen molar-refractivity contribution in [1.29, 1.82) is 0 Å². The van der Waals surface area contributed by atoms with Gasteiger partial charge in [-0.05, 0) is 19.4 Å². The molecule has 1 aromatic heterocycles. The Labute approximate surface area is 112 Å². The Balaban J connectivity index is 1.88. The van der Waals surface area contributed by atoms with Gasteiger partial charge in [0.05, 0.1) is 30.6 Å². The van der Waals surface area contributed by atoms with Crippen molar-refractivity contribution in [2.24, 2.45) is 0 Å². The Hall–Kier alpha value is -1.66. The van der Waals surface area contributed by atoms with Gasteiger partial charge < -0.3 is 20.1 Å². The summed E-state index contributed by atoms with van der Waals surface area (Å²) in [5, 5.41) is 5.95. The molecule has 1 aliphatic heterocycles. The van der Waals surface area contributed by atoms with Crippen LogP contribution in [0.5, 0.6) is 5.88 Å². The highest BCUT2D eigenvalue weighted by molar-refractivity contribution is 5.94. The fourth-order valence-corrected chi connectivity index (χ4v) is 2.00. The molecule has 2 atom stereocenters. The summed E-state index contributed by atoms with van der Waals surface area (Å²) >= 11 is 0. The van der Waals surface area contributed by atoms with E-state index in [-0.39, 0.29) is 18.1 Å². The highest BCUT2D eigenvalue weighted by Crippen LogP contribution is 2.14. The molecule has 1 fully saturated rings. The number of pyridine rings is 1. The summed E-state index contributed by atoms with van der Waals surface area (Å²) in [6, 6.07) is 3.30. The standard InChI is InChI=1S/C13H19N3O3/c1-3-19-12-5-4-9(7-15-12)16-13(17)11-6-10(18-2)8-14-11/h4-5,7,10-11,14H,3,6,8H2,1-2H3,(H,16,17). The molecular weight excluding hydrogens is 246 g/mol. The summed E-state index contributed by atoms with van der Waals surface area (Å²) in [6.07, 6.45) is 2.38. The van der Waals surface area contributed by atoms with Gasteiger partial charge in [-0.3, -0.25) is 4.79 Å². The number of rotatable bonds is 5. The average Bonchev–Trinajstić information content (AvgIpc) is 2.90. The van der Waals surface area contributed by atoms with Crippen molar-refractivity contribution < 1.29 is 14.3 Å². The van der Waals surface area contributed by atoms with Crippen LogP contribution in [0.2, 0.25) is 0 Å². The molecule has 19 heavy (non-hydrogen) atoms. The largest absolute Gasteiger partial charge is 0.478 e. The van der Waals surface area contributed by atoms with Crippen molar-refractivity contribution >= 4 is 11.6 Å². The first kappa shape index (κ1) is 13.8. The number of anilines is 1. The Morgan fingerprint density at radius 2 is 2.42 bits per heavy atom. The van der Waals surface area contributed by atoms with Gasteiger partial charge in [-0.2, -0.15) is 0 Å². The number of amides is 1. The summed E-state index contributed by atoms with van der Waals surface area (Å²) < 4.78 is 10.5. The maximum Gasteiger partial charge on any atom is 0.241 e.